The number of rotatable bonds is 7. The molecule has 1 N–H and O–H groups in total. The van der Waals surface area contributed by atoms with Gasteiger partial charge in [0.05, 0.1) is 10.6 Å². The predicted molar refractivity (Wildman–Crippen MR) is 122 cm³/mol. The van der Waals surface area contributed by atoms with E-state index in [4.69, 9.17) is 4.98 Å². The van der Waals surface area contributed by atoms with Gasteiger partial charge in [-0.05, 0) is 64.0 Å². The number of nitrogens with zero attached hydrogens (tertiary/aromatic N) is 2. The van der Waals surface area contributed by atoms with Crippen molar-refractivity contribution in [2.45, 2.75) is 30.7 Å². The lowest BCUT2D eigenvalue weighted by Crippen LogP contribution is -2.34. The van der Waals surface area contributed by atoms with Gasteiger partial charge < -0.3 is 5.32 Å². The summed E-state index contributed by atoms with van der Waals surface area (Å²) in [6.07, 6.45) is 5.04. The standard InChI is InChI=1S/C19H27N3O2S2.2ClH/c1-20-10-7-15-8-11-22(12-9-15)13-17-14-25-19(21-17)16-3-5-18(6-4-16)26(2,23)24;;/h3-6,14-15,20H,7-13H2,1-2H3;2*1H. The minimum absolute atomic E-state index is 0. The molecule has 2 aromatic rings. The van der Waals surface area contributed by atoms with Crippen LogP contribution in [0.5, 0.6) is 0 Å². The van der Waals surface area contributed by atoms with Crippen LogP contribution in [-0.4, -0.2) is 51.2 Å². The molecule has 9 heteroatoms. The zero-order chi connectivity index (χ0) is 18.6. The number of thiazole rings is 1. The molecule has 0 spiro atoms. The molecule has 1 aliphatic heterocycles. The molecule has 1 aliphatic rings. The van der Waals surface area contributed by atoms with Gasteiger partial charge in [0.15, 0.2) is 9.84 Å². The van der Waals surface area contributed by atoms with Crippen LogP contribution in [0.1, 0.15) is 25.0 Å². The van der Waals surface area contributed by atoms with Gasteiger partial charge in [-0.25, -0.2) is 13.4 Å². The van der Waals surface area contributed by atoms with Crippen LogP contribution in [-0.2, 0) is 16.4 Å². The van der Waals surface area contributed by atoms with E-state index in [1.807, 2.05) is 19.2 Å². The molecule has 28 heavy (non-hydrogen) atoms. The van der Waals surface area contributed by atoms with Crippen molar-refractivity contribution in [3.63, 3.8) is 0 Å². The van der Waals surface area contributed by atoms with Gasteiger partial charge in [0, 0.05) is 23.7 Å². The number of hydrogen-bond acceptors (Lipinski definition) is 6. The van der Waals surface area contributed by atoms with Gasteiger partial charge in [-0.15, -0.1) is 36.2 Å². The molecule has 3 rings (SSSR count). The lowest BCUT2D eigenvalue weighted by Gasteiger charge is -2.31. The summed E-state index contributed by atoms with van der Waals surface area (Å²) in [5.41, 5.74) is 2.07. The van der Waals surface area contributed by atoms with E-state index in [2.05, 4.69) is 15.6 Å². The Balaban J connectivity index is 0.00000196. The predicted octanol–water partition coefficient (Wildman–Crippen LogP) is 3.88. The molecule has 1 saturated heterocycles. The summed E-state index contributed by atoms with van der Waals surface area (Å²) in [4.78, 5) is 7.59. The van der Waals surface area contributed by atoms with Crippen molar-refractivity contribution in [2.75, 3.05) is 32.9 Å². The fourth-order valence-corrected chi connectivity index (χ4v) is 4.82. The van der Waals surface area contributed by atoms with Crippen molar-refractivity contribution in [1.82, 2.24) is 15.2 Å². The van der Waals surface area contributed by atoms with Crippen molar-refractivity contribution >= 4 is 46.0 Å². The third-order valence-electron chi connectivity index (χ3n) is 4.98. The van der Waals surface area contributed by atoms with Gasteiger partial charge in [-0.2, -0.15) is 0 Å². The fraction of sp³-hybridized carbons (Fsp3) is 0.526. The molecule has 2 heterocycles. The SMILES string of the molecule is CNCCC1CCN(Cc2csc(-c3ccc(S(C)(=O)=O)cc3)n2)CC1.Cl.Cl. The van der Waals surface area contributed by atoms with E-state index in [1.54, 1.807) is 23.5 Å². The molecule has 5 nitrogen and oxygen atoms in total. The molecule has 158 valence electrons. The van der Waals surface area contributed by atoms with Crippen molar-refractivity contribution in [3.8, 4) is 10.6 Å². The number of likely N-dealkylation sites (tertiary alicyclic amines) is 1. The highest BCUT2D eigenvalue weighted by atomic mass is 35.5. The summed E-state index contributed by atoms with van der Waals surface area (Å²) in [6.45, 7) is 4.30. The highest BCUT2D eigenvalue weighted by molar-refractivity contribution is 7.90. The van der Waals surface area contributed by atoms with Crippen LogP contribution in [0.2, 0.25) is 0 Å². The zero-order valence-corrected chi connectivity index (χ0v) is 19.5. The molecule has 0 unspecified atom stereocenters. The first-order valence-corrected chi connectivity index (χ1v) is 11.8. The Morgan fingerprint density at radius 3 is 2.39 bits per heavy atom. The number of benzene rings is 1. The van der Waals surface area contributed by atoms with E-state index in [9.17, 15) is 8.42 Å². The minimum Gasteiger partial charge on any atom is -0.320 e. The summed E-state index contributed by atoms with van der Waals surface area (Å²) in [5.74, 6) is 0.845. The number of aromatic nitrogens is 1. The minimum atomic E-state index is -3.15. The molecule has 0 radical (unpaired) electrons. The average molecular weight is 467 g/mol. The van der Waals surface area contributed by atoms with Gasteiger partial charge in [0.1, 0.15) is 5.01 Å². The molecule has 0 amide bonds. The average Bonchev–Trinajstić information content (AvgIpc) is 3.09. The number of sulfone groups is 1. The normalized spacial score (nSPS) is 15.6. The Labute approximate surface area is 184 Å². The van der Waals surface area contributed by atoms with Crippen LogP contribution in [0.4, 0.5) is 0 Å². The quantitative estimate of drug-likeness (QED) is 0.671. The largest absolute Gasteiger partial charge is 0.320 e. The second kappa shape index (κ2) is 11.5. The Bertz CT molecular complexity index is 818. The van der Waals surface area contributed by atoms with Gasteiger partial charge in [-0.3, -0.25) is 4.90 Å². The van der Waals surface area contributed by atoms with Crippen LogP contribution in [0.3, 0.4) is 0 Å². The maximum Gasteiger partial charge on any atom is 0.175 e. The summed E-state index contributed by atoms with van der Waals surface area (Å²) < 4.78 is 23.1. The summed E-state index contributed by atoms with van der Waals surface area (Å²) in [6, 6.07) is 6.99. The first-order valence-electron chi connectivity index (χ1n) is 9.07. The van der Waals surface area contributed by atoms with Gasteiger partial charge in [0.25, 0.3) is 0 Å². The van der Waals surface area contributed by atoms with Crippen molar-refractivity contribution in [2.24, 2.45) is 5.92 Å². The number of piperidine rings is 1. The van der Waals surface area contributed by atoms with Gasteiger partial charge in [-0.1, -0.05) is 12.1 Å². The summed E-state index contributed by atoms with van der Waals surface area (Å²) in [7, 11) is -1.14. The summed E-state index contributed by atoms with van der Waals surface area (Å²) >= 11 is 1.62. The van der Waals surface area contributed by atoms with E-state index >= 15 is 0 Å². The highest BCUT2D eigenvalue weighted by Crippen LogP contribution is 2.27. The maximum atomic E-state index is 11.6. The molecule has 1 aromatic carbocycles. The Morgan fingerprint density at radius 1 is 1.18 bits per heavy atom. The molecule has 0 bridgehead atoms. The van der Waals surface area contributed by atoms with Crippen molar-refractivity contribution in [3.05, 3.63) is 35.3 Å². The number of hydrogen-bond donors (Lipinski definition) is 1. The molecule has 0 saturated carbocycles. The van der Waals surface area contributed by atoms with Crippen LogP contribution >= 0.6 is 36.2 Å². The highest BCUT2D eigenvalue weighted by Gasteiger charge is 2.19. The lowest BCUT2D eigenvalue weighted by molar-refractivity contribution is 0.171. The Morgan fingerprint density at radius 2 is 1.82 bits per heavy atom. The first kappa shape index (κ1) is 25.3. The first-order chi connectivity index (χ1) is 12.5. The van der Waals surface area contributed by atoms with Gasteiger partial charge >= 0.3 is 0 Å². The molecule has 0 atom stereocenters. The maximum absolute atomic E-state index is 11.6. The van der Waals surface area contributed by atoms with Crippen LogP contribution < -0.4 is 5.32 Å². The van der Waals surface area contributed by atoms with Crippen LogP contribution in [0.15, 0.2) is 34.5 Å². The van der Waals surface area contributed by atoms with E-state index in [1.165, 1.54) is 25.5 Å². The van der Waals surface area contributed by atoms with E-state index in [0.29, 0.717) is 4.90 Å². The number of halogens is 2. The fourth-order valence-electron chi connectivity index (χ4n) is 3.37. The van der Waals surface area contributed by atoms with E-state index in [-0.39, 0.29) is 24.8 Å². The Kier molecular flexibility index (Phi) is 10.4. The number of nitrogens with one attached hydrogen (secondary N) is 1. The summed E-state index contributed by atoms with van der Waals surface area (Å²) in [5, 5.41) is 6.31. The van der Waals surface area contributed by atoms with Crippen molar-refractivity contribution in [1.29, 1.82) is 0 Å². The van der Waals surface area contributed by atoms with Crippen LogP contribution in [0.25, 0.3) is 10.6 Å². The smallest absolute Gasteiger partial charge is 0.175 e. The third-order valence-corrected chi connectivity index (χ3v) is 7.05. The topological polar surface area (TPSA) is 62.3 Å². The van der Waals surface area contributed by atoms with Gasteiger partial charge in [0.2, 0.25) is 0 Å². The van der Waals surface area contributed by atoms with E-state index in [0.717, 1.165) is 48.4 Å². The second-order valence-electron chi connectivity index (χ2n) is 7.05. The lowest BCUT2D eigenvalue weighted by atomic mass is 9.93. The monoisotopic (exact) mass is 465 g/mol. The van der Waals surface area contributed by atoms with Crippen LogP contribution in [0, 0.1) is 5.92 Å². The second-order valence-corrected chi connectivity index (χ2v) is 9.93. The Hall–Kier alpha value is -0.700. The molecule has 1 aromatic heterocycles. The molecular weight excluding hydrogens is 437 g/mol. The third kappa shape index (κ3) is 6.97. The molecular formula is C19H29Cl2N3O2S2. The van der Waals surface area contributed by atoms with E-state index < -0.39 is 9.84 Å². The molecule has 1 fully saturated rings. The zero-order valence-electron chi connectivity index (χ0n) is 16.3. The molecule has 0 aliphatic carbocycles. The van der Waals surface area contributed by atoms with Crippen molar-refractivity contribution < 1.29 is 8.42 Å².